The number of methoxy groups -OCH3 is 1. The van der Waals surface area contributed by atoms with E-state index in [2.05, 4.69) is 10.3 Å². The normalized spacial score (nSPS) is 12.6. The molecule has 3 aromatic rings. The molecule has 0 saturated carbocycles. The van der Waals surface area contributed by atoms with E-state index in [-0.39, 0.29) is 34.0 Å². The molecular weight excluding hydrogens is 441 g/mol. The Kier molecular flexibility index (Phi) is 6.07. The van der Waals surface area contributed by atoms with Crippen molar-refractivity contribution in [3.63, 3.8) is 0 Å². The Morgan fingerprint density at radius 1 is 1.26 bits per heavy atom. The minimum atomic E-state index is -4.69. The largest absolute Gasteiger partial charge is 0.495 e. The van der Waals surface area contributed by atoms with Crippen LogP contribution in [0.5, 0.6) is 5.75 Å². The first-order valence-corrected chi connectivity index (χ1v) is 9.27. The number of carbonyl (C=O) groups is 1. The summed E-state index contributed by atoms with van der Waals surface area (Å²) in [6.45, 7) is 1.61. The fourth-order valence-corrected chi connectivity index (χ4v) is 3.24. The molecule has 0 spiro atoms. The van der Waals surface area contributed by atoms with Crippen LogP contribution in [0.2, 0.25) is 5.02 Å². The predicted octanol–water partition coefficient (Wildman–Crippen LogP) is 3.81. The first-order chi connectivity index (χ1) is 14.6. The summed E-state index contributed by atoms with van der Waals surface area (Å²) in [4.78, 5) is 24.2. The topological polar surface area (TPSA) is 99.2 Å². The average Bonchev–Trinajstić information content (AvgIpc) is 3.19. The lowest BCUT2D eigenvalue weighted by atomic mass is 10.0. The fraction of sp³-hybridized carbons (Fsp3) is 0.263. The Hall–Kier alpha value is -3.34. The molecule has 3 rings (SSSR count). The molecule has 0 bridgehead atoms. The van der Waals surface area contributed by atoms with E-state index in [4.69, 9.17) is 16.3 Å². The fourth-order valence-electron chi connectivity index (χ4n) is 3.07. The summed E-state index contributed by atoms with van der Waals surface area (Å²) >= 11 is 6.09. The van der Waals surface area contributed by atoms with Crippen molar-refractivity contribution in [1.82, 2.24) is 19.6 Å². The Morgan fingerprint density at radius 2 is 1.97 bits per heavy atom. The van der Waals surface area contributed by atoms with Gasteiger partial charge in [0.15, 0.2) is 5.69 Å². The molecule has 1 aromatic carbocycles. The number of pyridine rings is 1. The lowest BCUT2D eigenvalue weighted by molar-refractivity contribution is -0.142. The van der Waals surface area contributed by atoms with E-state index in [1.54, 1.807) is 6.92 Å². The van der Waals surface area contributed by atoms with Crippen LogP contribution in [-0.4, -0.2) is 37.7 Å². The van der Waals surface area contributed by atoms with Gasteiger partial charge in [-0.3, -0.25) is 9.36 Å². The molecular formula is C19H16ClF3N4O4. The van der Waals surface area contributed by atoms with Gasteiger partial charge in [0.25, 0.3) is 5.56 Å². The highest BCUT2D eigenvalue weighted by molar-refractivity contribution is 6.31. The van der Waals surface area contributed by atoms with Crippen molar-refractivity contribution < 1.29 is 27.8 Å². The Bertz CT molecular complexity index is 1190. The second-order valence-electron chi connectivity index (χ2n) is 6.47. The molecule has 2 aromatic heterocycles. The molecule has 0 fully saturated rings. The molecule has 12 heteroatoms. The first kappa shape index (κ1) is 22.3. The maximum atomic E-state index is 12.9. The van der Waals surface area contributed by atoms with Gasteiger partial charge in [-0.1, -0.05) is 23.7 Å². The van der Waals surface area contributed by atoms with Crippen molar-refractivity contribution in [3.8, 4) is 22.6 Å². The zero-order valence-corrected chi connectivity index (χ0v) is 17.0. The van der Waals surface area contributed by atoms with Gasteiger partial charge < -0.3 is 9.84 Å². The van der Waals surface area contributed by atoms with Gasteiger partial charge >= 0.3 is 12.1 Å². The number of rotatable bonds is 6. The van der Waals surface area contributed by atoms with E-state index in [0.717, 1.165) is 15.3 Å². The lowest BCUT2D eigenvalue weighted by Gasteiger charge is -2.18. The molecule has 0 amide bonds. The van der Waals surface area contributed by atoms with Crippen LogP contribution in [-0.2, 0) is 11.0 Å². The number of carboxylic acids is 1. The van der Waals surface area contributed by atoms with Crippen LogP contribution in [0.25, 0.3) is 16.8 Å². The zero-order valence-electron chi connectivity index (χ0n) is 16.2. The molecule has 1 atom stereocenters. The van der Waals surface area contributed by atoms with Crippen LogP contribution >= 0.6 is 11.6 Å². The molecule has 31 heavy (non-hydrogen) atoms. The number of halogens is 4. The Labute approximate surface area is 178 Å². The number of aromatic nitrogens is 4. The molecule has 8 nitrogen and oxygen atoms in total. The van der Waals surface area contributed by atoms with Gasteiger partial charge in [0.1, 0.15) is 11.8 Å². The number of alkyl halides is 3. The third kappa shape index (κ3) is 4.41. The molecule has 2 heterocycles. The van der Waals surface area contributed by atoms with Crippen molar-refractivity contribution in [3.05, 3.63) is 57.7 Å². The molecule has 0 radical (unpaired) electrons. The summed E-state index contributed by atoms with van der Waals surface area (Å²) < 4.78 is 46.1. The maximum absolute atomic E-state index is 12.9. The second kappa shape index (κ2) is 8.42. The van der Waals surface area contributed by atoms with Crippen LogP contribution in [0.1, 0.15) is 25.1 Å². The van der Waals surface area contributed by atoms with Crippen LogP contribution in [0.15, 0.2) is 41.5 Å². The standard InChI is InChI=1S/C19H16ClF3N4O4/c1-3-13(18(29)30)26-8-15(31-2)12(7-17(26)28)11-6-10(20)4-5-14(11)27-9-16(24-25-27)19(21,22)23/h4-9,13H,3H2,1-2H3,(H,29,30)/t13-/m0/s1. The quantitative estimate of drug-likeness (QED) is 0.605. The summed E-state index contributed by atoms with van der Waals surface area (Å²) in [5.74, 6) is -1.07. The minimum Gasteiger partial charge on any atom is -0.495 e. The van der Waals surface area contributed by atoms with E-state index in [1.807, 2.05) is 0 Å². The molecule has 0 aliphatic carbocycles. The summed E-state index contributed by atoms with van der Waals surface area (Å²) in [5, 5.41) is 16.3. The molecule has 0 aliphatic heterocycles. The highest BCUT2D eigenvalue weighted by Gasteiger charge is 2.35. The maximum Gasteiger partial charge on any atom is 0.436 e. The SMILES string of the molecule is CC[C@@H](C(=O)O)n1cc(OC)c(-c2cc(Cl)ccc2-n2cc(C(F)(F)F)nn2)cc1=O. The Balaban J connectivity index is 2.23. The van der Waals surface area contributed by atoms with Crippen LogP contribution in [0.4, 0.5) is 13.2 Å². The van der Waals surface area contributed by atoms with E-state index in [9.17, 15) is 27.9 Å². The third-order valence-corrected chi connectivity index (χ3v) is 4.79. The van der Waals surface area contributed by atoms with Gasteiger partial charge in [0, 0.05) is 22.2 Å². The van der Waals surface area contributed by atoms with E-state index in [0.29, 0.717) is 6.20 Å². The smallest absolute Gasteiger partial charge is 0.436 e. The van der Waals surface area contributed by atoms with Crippen LogP contribution < -0.4 is 10.3 Å². The van der Waals surface area contributed by atoms with Crippen LogP contribution in [0, 0.1) is 0 Å². The third-order valence-electron chi connectivity index (χ3n) is 4.55. The van der Waals surface area contributed by atoms with Gasteiger partial charge in [0.2, 0.25) is 0 Å². The highest BCUT2D eigenvalue weighted by atomic mass is 35.5. The Morgan fingerprint density at radius 3 is 2.52 bits per heavy atom. The number of carboxylic acid groups (broad SMARTS) is 1. The van der Waals surface area contributed by atoms with Crippen molar-refractivity contribution in [2.75, 3.05) is 7.11 Å². The number of nitrogens with zero attached hydrogens (tertiary/aromatic N) is 4. The first-order valence-electron chi connectivity index (χ1n) is 8.89. The lowest BCUT2D eigenvalue weighted by Crippen LogP contribution is -2.29. The van der Waals surface area contributed by atoms with E-state index in [1.165, 1.54) is 31.5 Å². The summed E-state index contributed by atoms with van der Waals surface area (Å²) in [6, 6.07) is 4.33. The summed E-state index contributed by atoms with van der Waals surface area (Å²) in [7, 11) is 1.32. The van der Waals surface area contributed by atoms with Gasteiger partial charge in [-0.15, -0.1) is 5.10 Å². The van der Waals surface area contributed by atoms with Crippen molar-refractivity contribution in [2.45, 2.75) is 25.6 Å². The molecule has 164 valence electrons. The average molecular weight is 457 g/mol. The van der Waals surface area contributed by atoms with Crippen molar-refractivity contribution in [1.29, 1.82) is 0 Å². The number of hydrogen-bond acceptors (Lipinski definition) is 5. The molecule has 0 aliphatic rings. The molecule has 0 saturated heterocycles. The summed E-state index contributed by atoms with van der Waals surface area (Å²) in [5.41, 5.74) is -1.22. The monoisotopic (exact) mass is 456 g/mol. The van der Waals surface area contributed by atoms with Gasteiger partial charge in [-0.2, -0.15) is 13.2 Å². The molecule has 0 unspecified atom stereocenters. The predicted molar refractivity (Wildman–Crippen MR) is 105 cm³/mol. The van der Waals surface area contributed by atoms with Gasteiger partial charge in [0.05, 0.1) is 25.2 Å². The van der Waals surface area contributed by atoms with Crippen molar-refractivity contribution >= 4 is 17.6 Å². The second-order valence-corrected chi connectivity index (χ2v) is 6.91. The van der Waals surface area contributed by atoms with Crippen LogP contribution in [0.3, 0.4) is 0 Å². The zero-order chi connectivity index (χ0) is 22.9. The summed E-state index contributed by atoms with van der Waals surface area (Å²) in [6.07, 6.45) is -2.58. The molecule has 1 N–H and O–H groups in total. The van der Waals surface area contributed by atoms with Gasteiger partial charge in [-0.25, -0.2) is 9.48 Å². The number of benzene rings is 1. The van der Waals surface area contributed by atoms with Crippen molar-refractivity contribution in [2.24, 2.45) is 0 Å². The number of hydrogen-bond donors (Lipinski definition) is 1. The van der Waals surface area contributed by atoms with E-state index >= 15 is 0 Å². The minimum absolute atomic E-state index is 0.124. The van der Waals surface area contributed by atoms with E-state index < -0.39 is 29.4 Å². The number of aliphatic carboxylic acids is 1. The number of ether oxygens (including phenoxy) is 1. The van der Waals surface area contributed by atoms with Gasteiger partial charge in [-0.05, 0) is 24.6 Å². The highest BCUT2D eigenvalue weighted by Crippen LogP contribution is 2.36.